The smallest absolute Gasteiger partial charge is 0.417 e. The molecule has 0 bridgehead atoms. The van der Waals surface area contributed by atoms with Crippen molar-refractivity contribution in [2.24, 2.45) is 14.1 Å². The molecule has 35 heavy (non-hydrogen) atoms. The second kappa shape index (κ2) is 8.13. The van der Waals surface area contributed by atoms with Crippen LogP contribution in [-0.4, -0.2) is 33.7 Å². The summed E-state index contributed by atoms with van der Waals surface area (Å²) in [7, 11) is 2.78. The van der Waals surface area contributed by atoms with Crippen molar-refractivity contribution in [3.63, 3.8) is 0 Å². The van der Waals surface area contributed by atoms with Gasteiger partial charge in [0.25, 0.3) is 5.56 Å². The number of pyridine rings is 2. The van der Waals surface area contributed by atoms with Crippen LogP contribution in [0.15, 0.2) is 41.8 Å². The molecule has 0 amide bonds. The Hall–Kier alpha value is -3.84. The number of rotatable bonds is 4. The second-order valence-electron chi connectivity index (χ2n) is 7.41. The highest BCUT2D eigenvalue weighted by atomic mass is 35.5. The minimum Gasteiger partial charge on any atom is -0.450 e. The molecule has 1 N–H and O–H groups in total. The first kappa shape index (κ1) is 22.9. The standard InChI is InChI=1S/C20H13Cl2F3N8O2/c1-31-8-9(20(23,24)25)5-10(18(31)34)29-19-30-17-15(32(19)2)13(21)11(6-27-17)35-12-7-28-33-4-3-26-16(22)14(12)33/h3-8H,1-2H3,(H,27,29,30). The average Bonchev–Trinajstić information content (AvgIpc) is 3.34. The van der Waals surface area contributed by atoms with Crippen LogP contribution < -0.4 is 15.6 Å². The van der Waals surface area contributed by atoms with Gasteiger partial charge in [0, 0.05) is 32.7 Å². The zero-order valence-electron chi connectivity index (χ0n) is 17.8. The first-order valence-corrected chi connectivity index (χ1v) is 10.5. The lowest BCUT2D eigenvalue weighted by Gasteiger charge is -2.12. The third-order valence-corrected chi connectivity index (χ3v) is 5.78. The molecule has 0 unspecified atom stereocenters. The molecule has 5 aromatic heterocycles. The average molecular weight is 525 g/mol. The molecular formula is C20H13Cl2F3N8O2. The van der Waals surface area contributed by atoms with E-state index in [1.807, 2.05) is 0 Å². The zero-order valence-corrected chi connectivity index (χ0v) is 19.3. The van der Waals surface area contributed by atoms with Gasteiger partial charge in [-0.25, -0.2) is 14.5 Å². The molecule has 0 radical (unpaired) electrons. The number of alkyl halides is 3. The maximum atomic E-state index is 13.2. The minimum atomic E-state index is -4.64. The topological polar surface area (TPSA) is 104 Å². The number of aryl methyl sites for hydroxylation is 2. The molecule has 5 heterocycles. The quantitative estimate of drug-likeness (QED) is 0.367. The lowest BCUT2D eigenvalue weighted by atomic mass is 10.2. The Labute approximate surface area is 203 Å². The van der Waals surface area contributed by atoms with E-state index in [2.05, 4.69) is 25.4 Å². The molecule has 0 fully saturated rings. The number of hydrogen-bond acceptors (Lipinski definition) is 7. The summed E-state index contributed by atoms with van der Waals surface area (Å²) >= 11 is 12.7. The van der Waals surface area contributed by atoms with Crippen molar-refractivity contribution in [1.29, 1.82) is 0 Å². The van der Waals surface area contributed by atoms with E-state index in [0.29, 0.717) is 23.3 Å². The van der Waals surface area contributed by atoms with E-state index in [0.717, 1.165) is 4.57 Å². The third kappa shape index (κ3) is 3.91. The first-order chi connectivity index (χ1) is 16.5. The SMILES string of the molecule is Cn1cc(C(F)(F)F)cc(Nc2nc3ncc(Oc4cnn5ccnc(Cl)c45)c(Cl)c3n2C)c1=O. The van der Waals surface area contributed by atoms with Gasteiger partial charge >= 0.3 is 6.18 Å². The van der Waals surface area contributed by atoms with Gasteiger partial charge in [-0.2, -0.15) is 23.3 Å². The number of halogens is 5. The van der Waals surface area contributed by atoms with Crippen LogP contribution in [0.3, 0.4) is 0 Å². The second-order valence-corrected chi connectivity index (χ2v) is 8.14. The third-order valence-electron chi connectivity index (χ3n) is 5.14. The number of nitrogens with zero attached hydrogens (tertiary/aromatic N) is 7. The fourth-order valence-electron chi connectivity index (χ4n) is 3.44. The van der Waals surface area contributed by atoms with Crippen LogP contribution in [0.25, 0.3) is 16.7 Å². The summed E-state index contributed by atoms with van der Waals surface area (Å²) in [6, 6.07) is 0.716. The Morgan fingerprint density at radius 2 is 1.86 bits per heavy atom. The van der Waals surface area contributed by atoms with Crippen LogP contribution in [0.1, 0.15) is 5.56 Å². The van der Waals surface area contributed by atoms with Crippen LogP contribution in [-0.2, 0) is 20.3 Å². The van der Waals surface area contributed by atoms with E-state index >= 15 is 0 Å². The normalized spacial score (nSPS) is 12.0. The van der Waals surface area contributed by atoms with Crippen LogP contribution in [0.5, 0.6) is 11.5 Å². The molecule has 0 aliphatic heterocycles. The van der Waals surface area contributed by atoms with Crippen LogP contribution in [0.4, 0.5) is 24.8 Å². The number of nitrogens with one attached hydrogen (secondary N) is 1. The molecule has 0 aromatic carbocycles. The predicted octanol–water partition coefficient (Wildman–Crippen LogP) is 4.57. The maximum absolute atomic E-state index is 13.2. The van der Waals surface area contributed by atoms with Crippen LogP contribution in [0.2, 0.25) is 10.2 Å². The Morgan fingerprint density at radius 3 is 2.60 bits per heavy atom. The first-order valence-electron chi connectivity index (χ1n) is 9.76. The van der Waals surface area contributed by atoms with Gasteiger partial charge < -0.3 is 19.2 Å². The summed E-state index contributed by atoms with van der Waals surface area (Å²) in [5.41, 5.74) is -1.08. The highest BCUT2D eigenvalue weighted by Crippen LogP contribution is 2.38. The number of aromatic nitrogens is 7. The van der Waals surface area contributed by atoms with E-state index < -0.39 is 17.3 Å². The van der Waals surface area contributed by atoms with Gasteiger partial charge in [-0.05, 0) is 6.07 Å². The van der Waals surface area contributed by atoms with E-state index in [1.165, 1.54) is 34.7 Å². The summed E-state index contributed by atoms with van der Waals surface area (Å²) in [5.74, 6) is 0.476. The molecule has 0 atom stereocenters. The molecule has 0 aliphatic rings. The summed E-state index contributed by atoms with van der Waals surface area (Å²) in [6.07, 6.45) is 1.92. The maximum Gasteiger partial charge on any atom is 0.417 e. The van der Waals surface area contributed by atoms with Crippen molar-refractivity contribution in [3.8, 4) is 11.5 Å². The van der Waals surface area contributed by atoms with Crippen molar-refractivity contribution in [1.82, 2.24) is 33.7 Å². The Morgan fingerprint density at radius 1 is 1.09 bits per heavy atom. The summed E-state index contributed by atoms with van der Waals surface area (Å²) in [6.45, 7) is 0. The summed E-state index contributed by atoms with van der Waals surface area (Å²) in [5, 5.41) is 7.07. The molecule has 0 saturated carbocycles. The Bertz CT molecular complexity index is 1680. The van der Waals surface area contributed by atoms with Crippen molar-refractivity contribution in [2.75, 3.05) is 5.32 Å². The molecule has 0 saturated heterocycles. The van der Waals surface area contributed by atoms with E-state index in [9.17, 15) is 18.0 Å². The zero-order chi connectivity index (χ0) is 25.1. The molecule has 180 valence electrons. The van der Waals surface area contributed by atoms with Gasteiger partial charge in [0.05, 0.1) is 18.0 Å². The summed E-state index contributed by atoms with van der Waals surface area (Å²) < 4.78 is 49.3. The van der Waals surface area contributed by atoms with Gasteiger partial charge in [0.1, 0.15) is 21.7 Å². The predicted molar refractivity (Wildman–Crippen MR) is 122 cm³/mol. The van der Waals surface area contributed by atoms with Crippen LogP contribution >= 0.6 is 23.2 Å². The van der Waals surface area contributed by atoms with Crippen molar-refractivity contribution in [2.45, 2.75) is 6.18 Å². The number of hydrogen-bond donors (Lipinski definition) is 1. The number of imidazole rings is 1. The highest BCUT2D eigenvalue weighted by Gasteiger charge is 2.32. The number of fused-ring (bicyclic) bond motifs is 2. The number of ether oxygens (including phenoxy) is 1. The van der Waals surface area contributed by atoms with Gasteiger partial charge in [-0.3, -0.25) is 4.79 Å². The van der Waals surface area contributed by atoms with Gasteiger partial charge in [-0.15, -0.1) is 0 Å². The van der Waals surface area contributed by atoms with E-state index in [4.69, 9.17) is 27.9 Å². The Kier molecular flexibility index (Phi) is 5.33. The fourth-order valence-corrected chi connectivity index (χ4v) is 3.98. The van der Waals surface area contributed by atoms with Crippen molar-refractivity contribution >= 4 is 51.5 Å². The van der Waals surface area contributed by atoms with E-state index in [1.54, 1.807) is 13.2 Å². The lowest BCUT2D eigenvalue weighted by Crippen LogP contribution is -2.23. The fraction of sp³-hybridized carbons (Fsp3) is 0.150. The molecule has 5 rings (SSSR count). The summed E-state index contributed by atoms with van der Waals surface area (Å²) in [4.78, 5) is 24.9. The van der Waals surface area contributed by atoms with Gasteiger partial charge in [0.15, 0.2) is 22.3 Å². The number of anilines is 2. The van der Waals surface area contributed by atoms with Crippen molar-refractivity contribution in [3.05, 3.63) is 63.1 Å². The molecule has 15 heteroatoms. The molecule has 0 aliphatic carbocycles. The van der Waals surface area contributed by atoms with Crippen LogP contribution in [0, 0.1) is 0 Å². The van der Waals surface area contributed by atoms with Gasteiger partial charge in [0.2, 0.25) is 5.95 Å². The van der Waals surface area contributed by atoms with E-state index in [-0.39, 0.29) is 39.0 Å². The Balaban J connectivity index is 1.55. The molecule has 10 nitrogen and oxygen atoms in total. The molecular weight excluding hydrogens is 512 g/mol. The lowest BCUT2D eigenvalue weighted by molar-refractivity contribution is -0.138. The largest absolute Gasteiger partial charge is 0.450 e. The monoisotopic (exact) mass is 524 g/mol. The van der Waals surface area contributed by atoms with Gasteiger partial charge in [-0.1, -0.05) is 23.2 Å². The highest BCUT2D eigenvalue weighted by molar-refractivity contribution is 6.36. The molecule has 0 spiro atoms. The molecule has 5 aromatic rings. The van der Waals surface area contributed by atoms with Crippen molar-refractivity contribution < 1.29 is 17.9 Å². The minimum absolute atomic E-state index is 0.0474.